The molecule has 28 heavy (non-hydrogen) atoms. The normalized spacial score (nSPS) is 12.6. The molecule has 0 unspecified atom stereocenters. The molecule has 1 aliphatic heterocycles. The number of benzene rings is 1. The van der Waals surface area contributed by atoms with Gasteiger partial charge >= 0.3 is 0 Å². The van der Waals surface area contributed by atoms with E-state index in [4.69, 9.17) is 9.47 Å². The van der Waals surface area contributed by atoms with E-state index in [1.165, 1.54) is 24.5 Å². The summed E-state index contributed by atoms with van der Waals surface area (Å²) >= 11 is 0. The molecule has 0 saturated carbocycles. The van der Waals surface area contributed by atoms with Crippen LogP contribution in [0.1, 0.15) is 5.56 Å². The molecule has 0 radical (unpaired) electrons. The lowest BCUT2D eigenvalue weighted by Crippen LogP contribution is -2.14. The summed E-state index contributed by atoms with van der Waals surface area (Å²) in [5.74, 6) is -0.243. The SMILES string of the molecule is CNCc1cc(-c2cccnc2F)n(S(=O)(=O)c2cccc3c2OCO3)c1.Cl. The van der Waals surface area contributed by atoms with Crippen LogP contribution in [0.4, 0.5) is 4.39 Å². The molecule has 1 aliphatic rings. The fourth-order valence-electron chi connectivity index (χ4n) is 2.98. The molecule has 0 aliphatic carbocycles. The highest BCUT2D eigenvalue weighted by Gasteiger charge is 2.30. The molecule has 3 aromatic rings. The summed E-state index contributed by atoms with van der Waals surface area (Å²) in [5.41, 5.74) is 0.958. The number of hydrogen-bond donors (Lipinski definition) is 1. The highest BCUT2D eigenvalue weighted by atomic mass is 35.5. The zero-order chi connectivity index (χ0) is 19.0. The molecular weight excluding hydrogens is 409 g/mol. The highest BCUT2D eigenvalue weighted by Crippen LogP contribution is 2.40. The van der Waals surface area contributed by atoms with E-state index in [1.54, 1.807) is 31.3 Å². The second kappa shape index (κ2) is 7.78. The van der Waals surface area contributed by atoms with Crippen molar-refractivity contribution < 1.29 is 22.3 Å². The van der Waals surface area contributed by atoms with Gasteiger partial charge in [-0.2, -0.15) is 4.39 Å². The van der Waals surface area contributed by atoms with Gasteiger partial charge in [0.2, 0.25) is 12.7 Å². The predicted octanol–water partition coefficient (Wildman–Crippen LogP) is 2.80. The number of para-hydroxylation sites is 1. The van der Waals surface area contributed by atoms with Crippen LogP contribution < -0.4 is 14.8 Å². The van der Waals surface area contributed by atoms with Crippen LogP contribution in [-0.4, -0.2) is 31.2 Å². The van der Waals surface area contributed by atoms with E-state index in [-0.39, 0.29) is 41.1 Å². The third kappa shape index (κ3) is 3.32. The maximum Gasteiger partial charge on any atom is 0.272 e. The van der Waals surface area contributed by atoms with Crippen molar-refractivity contribution in [2.75, 3.05) is 13.8 Å². The third-order valence-corrected chi connectivity index (χ3v) is 5.85. The van der Waals surface area contributed by atoms with E-state index in [1.807, 2.05) is 0 Å². The molecule has 0 saturated heterocycles. The molecule has 2 aromatic heterocycles. The number of halogens is 2. The second-order valence-electron chi connectivity index (χ2n) is 5.90. The number of rotatable bonds is 5. The molecule has 7 nitrogen and oxygen atoms in total. The van der Waals surface area contributed by atoms with Crippen LogP contribution in [0.15, 0.2) is 53.7 Å². The molecule has 0 spiro atoms. The summed E-state index contributed by atoms with van der Waals surface area (Å²) in [5, 5.41) is 2.96. The van der Waals surface area contributed by atoms with Crippen LogP contribution in [-0.2, 0) is 16.6 Å². The molecule has 3 heterocycles. The van der Waals surface area contributed by atoms with Crippen molar-refractivity contribution in [2.45, 2.75) is 11.4 Å². The van der Waals surface area contributed by atoms with E-state index in [9.17, 15) is 12.8 Å². The lowest BCUT2D eigenvalue weighted by Gasteiger charge is -2.12. The van der Waals surface area contributed by atoms with Crippen molar-refractivity contribution in [1.82, 2.24) is 14.3 Å². The Bertz CT molecular complexity index is 1120. The van der Waals surface area contributed by atoms with E-state index >= 15 is 0 Å². The van der Waals surface area contributed by atoms with E-state index in [2.05, 4.69) is 10.3 Å². The fourth-order valence-corrected chi connectivity index (χ4v) is 4.52. The van der Waals surface area contributed by atoms with Crippen LogP contribution in [0.5, 0.6) is 11.5 Å². The fraction of sp³-hybridized carbons (Fsp3) is 0.167. The van der Waals surface area contributed by atoms with Gasteiger partial charge in [0.25, 0.3) is 10.0 Å². The summed E-state index contributed by atoms with van der Waals surface area (Å²) in [7, 11) is -2.33. The first-order valence-electron chi connectivity index (χ1n) is 8.13. The summed E-state index contributed by atoms with van der Waals surface area (Å²) in [6.45, 7) is 0.368. The van der Waals surface area contributed by atoms with Gasteiger partial charge < -0.3 is 14.8 Å². The van der Waals surface area contributed by atoms with Crippen molar-refractivity contribution in [3.8, 4) is 22.8 Å². The molecule has 0 fully saturated rings. The monoisotopic (exact) mass is 425 g/mol. The average Bonchev–Trinajstić information content (AvgIpc) is 3.29. The minimum absolute atomic E-state index is 0. The molecule has 0 atom stereocenters. The van der Waals surface area contributed by atoms with Gasteiger partial charge in [0, 0.05) is 18.9 Å². The van der Waals surface area contributed by atoms with Gasteiger partial charge in [-0.1, -0.05) is 6.07 Å². The Hall–Kier alpha value is -2.62. The van der Waals surface area contributed by atoms with Crippen molar-refractivity contribution in [2.24, 2.45) is 0 Å². The molecular formula is C18H17ClFN3O4S. The van der Waals surface area contributed by atoms with Crippen molar-refractivity contribution in [1.29, 1.82) is 0 Å². The van der Waals surface area contributed by atoms with Crippen molar-refractivity contribution in [3.05, 3.63) is 60.3 Å². The Morgan fingerprint density at radius 1 is 1.25 bits per heavy atom. The number of nitrogens with zero attached hydrogens (tertiary/aromatic N) is 2. The number of hydrogen-bond acceptors (Lipinski definition) is 6. The zero-order valence-electron chi connectivity index (χ0n) is 14.8. The van der Waals surface area contributed by atoms with E-state index < -0.39 is 16.0 Å². The standard InChI is InChI=1S/C18H16FN3O4S.ClH/c1-20-9-12-8-14(13-4-3-7-21-18(13)19)22(10-12)27(23,24)16-6-2-5-15-17(16)26-11-25-15;/h2-8,10,20H,9,11H2,1H3;1H. The Kier molecular flexibility index (Phi) is 5.59. The van der Waals surface area contributed by atoms with Crippen LogP contribution in [0.2, 0.25) is 0 Å². The Balaban J connectivity index is 0.00000225. The average molecular weight is 426 g/mol. The van der Waals surface area contributed by atoms with Gasteiger partial charge in [0.15, 0.2) is 11.5 Å². The van der Waals surface area contributed by atoms with Gasteiger partial charge in [0.1, 0.15) is 4.90 Å². The molecule has 148 valence electrons. The van der Waals surface area contributed by atoms with Gasteiger partial charge in [0.05, 0.1) is 11.3 Å². The summed E-state index contributed by atoms with van der Waals surface area (Å²) in [4.78, 5) is 3.58. The maximum atomic E-state index is 14.3. The molecule has 10 heteroatoms. The highest BCUT2D eigenvalue weighted by molar-refractivity contribution is 7.90. The van der Waals surface area contributed by atoms with Crippen LogP contribution in [0, 0.1) is 5.95 Å². The predicted molar refractivity (Wildman–Crippen MR) is 103 cm³/mol. The van der Waals surface area contributed by atoms with Gasteiger partial charge in [-0.05, 0) is 42.9 Å². The first-order valence-corrected chi connectivity index (χ1v) is 9.57. The van der Waals surface area contributed by atoms with Gasteiger partial charge in [-0.25, -0.2) is 17.4 Å². The summed E-state index contributed by atoms with van der Waals surface area (Å²) < 4.78 is 52.7. The number of nitrogens with one attached hydrogen (secondary N) is 1. The molecule has 1 aromatic carbocycles. The molecule has 0 bridgehead atoms. The second-order valence-corrected chi connectivity index (χ2v) is 7.68. The maximum absolute atomic E-state index is 14.3. The van der Waals surface area contributed by atoms with Gasteiger partial charge in [-0.15, -0.1) is 12.4 Å². The zero-order valence-corrected chi connectivity index (χ0v) is 16.4. The number of pyridine rings is 1. The van der Waals surface area contributed by atoms with Crippen molar-refractivity contribution >= 4 is 22.4 Å². The smallest absolute Gasteiger partial charge is 0.272 e. The Morgan fingerprint density at radius 2 is 2.07 bits per heavy atom. The first kappa shape index (κ1) is 20.1. The molecule has 0 amide bonds. The number of aromatic nitrogens is 2. The largest absolute Gasteiger partial charge is 0.454 e. The van der Waals surface area contributed by atoms with Crippen LogP contribution in [0.25, 0.3) is 11.3 Å². The van der Waals surface area contributed by atoms with E-state index in [0.717, 1.165) is 3.97 Å². The summed E-state index contributed by atoms with van der Waals surface area (Å²) in [6, 6.07) is 9.30. The summed E-state index contributed by atoms with van der Waals surface area (Å²) in [6.07, 6.45) is 2.77. The van der Waals surface area contributed by atoms with Crippen molar-refractivity contribution in [3.63, 3.8) is 0 Å². The van der Waals surface area contributed by atoms with E-state index in [0.29, 0.717) is 17.9 Å². The first-order chi connectivity index (χ1) is 13.0. The topological polar surface area (TPSA) is 82.5 Å². The molecule has 4 rings (SSSR count). The quantitative estimate of drug-likeness (QED) is 0.633. The van der Waals surface area contributed by atoms with Crippen LogP contribution >= 0.6 is 12.4 Å². The molecule has 1 N–H and O–H groups in total. The lowest BCUT2D eigenvalue weighted by molar-refractivity contribution is 0.172. The minimum Gasteiger partial charge on any atom is -0.454 e. The third-order valence-electron chi connectivity index (χ3n) is 4.16. The van der Waals surface area contributed by atoms with Crippen LogP contribution in [0.3, 0.4) is 0 Å². The minimum atomic E-state index is -4.07. The number of ether oxygens (including phenoxy) is 2. The lowest BCUT2D eigenvalue weighted by atomic mass is 10.2. The Labute approximate surface area is 167 Å². The Morgan fingerprint density at radius 3 is 2.82 bits per heavy atom. The van der Waals surface area contributed by atoms with Gasteiger partial charge in [-0.3, -0.25) is 0 Å². The number of fused-ring (bicyclic) bond motifs is 1.